The molecule has 10 heteroatoms. The summed E-state index contributed by atoms with van der Waals surface area (Å²) in [4.78, 5) is 42.0. The number of nitrogens with zero attached hydrogens (tertiary/aromatic N) is 2. The zero-order valence-corrected chi connectivity index (χ0v) is 18.9. The van der Waals surface area contributed by atoms with Crippen molar-refractivity contribution in [2.45, 2.75) is 30.6 Å². The van der Waals surface area contributed by atoms with Gasteiger partial charge in [0.05, 0.1) is 17.5 Å². The SMILES string of the molecule is CN(C)c1ccc(O)c2c1CC1CC3[C@H](N(C)C)C(=O)C(C(N)=O)=C(O)[C@@]3(O)C(O)C1C2=O. The van der Waals surface area contributed by atoms with Crippen molar-refractivity contribution in [2.24, 2.45) is 23.5 Å². The van der Waals surface area contributed by atoms with Crippen LogP contribution in [0.3, 0.4) is 0 Å². The van der Waals surface area contributed by atoms with Crippen molar-refractivity contribution in [3.8, 4) is 5.75 Å². The summed E-state index contributed by atoms with van der Waals surface area (Å²) in [6, 6.07) is 2.07. The Labute approximate surface area is 190 Å². The van der Waals surface area contributed by atoms with Crippen molar-refractivity contribution >= 4 is 23.2 Å². The molecule has 0 saturated heterocycles. The number of ketones is 2. The number of carbonyl (C=O) groups is 3. The maximum absolute atomic E-state index is 13.6. The molecule has 4 rings (SSSR count). The number of phenolic OH excluding ortho intramolecular Hbond substituents is 1. The first-order valence-corrected chi connectivity index (χ1v) is 10.7. The number of aromatic hydroxyl groups is 1. The number of aliphatic hydroxyl groups excluding tert-OH is 2. The van der Waals surface area contributed by atoms with Gasteiger partial charge < -0.3 is 31.1 Å². The second-order valence-electron chi connectivity index (χ2n) is 9.68. The highest BCUT2D eigenvalue weighted by Gasteiger charge is 2.65. The van der Waals surface area contributed by atoms with E-state index in [1.807, 2.05) is 19.0 Å². The fourth-order valence-corrected chi connectivity index (χ4v) is 6.09. The molecule has 0 heterocycles. The van der Waals surface area contributed by atoms with E-state index in [0.29, 0.717) is 12.0 Å². The van der Waals surface area contributed by atoms with Crippen molar-refractivity contribution in [3.05, 3.63) is 34.6 Å². The molecular weight excluding hydrogens is 430 g/mol. The number of anilines is 1. The van der Waals surface area contributed by atoms with Gasteiger partial charge in [-0.05, 0) is 50.6 Å². The third kappa shape index (κ3) is 3.01. The Kier molecular flexibility index (Phi) is 5.31. The molecule has 1 aromatic rings. The predicted octanol–water partition coefficient (Wildman–Crippen LogP) is -0.648. The minimum Gasteiger partial charge on any atom is -0.508 e. The number of Topliss-reactive ketones (excluding diaryl/α,β-unsaturated/α-hetero) is 2. The van der Waals surface area contributed by atoms with E-state index in [9.17, 15) is 34.8 Å². The molecule has 33 heavy (non-hydrogen) atoms. The van der Waals surface area contributed by atoms with Crippen molar-refractivity contribution < 1.29 is 34.8 Å². The van der Waals surface area contributed by atoms with Crippen LogP contribution in [0.25, 0.3) is 0 Å². The molecule has 6 atom stereocenters. The average Bonchev–Trinajstić information content (AvgIpc) is 2.70. The Morgan fingerprint density at radius 1 is 1.12 bits per heavy atom. The van der Waals surface area contributed by atoms with Gasteiger partial charge in [0, 0.05) is 25.7 Å². The number of amides is 1. The number of nitrogens with two attached hydrogens (primary N) is 1. The molecule has 3 aliphatic rings. The molecule has 0 spiro atoms. The zero-order chi connectivity index (χ0) is 24.6. The number of carbonyl (C=O) groups excluding carboxylic acids is 3. The first-order valence-electron chi connectivity index (χ1n) is 10.7. The van der Waals surface area contributed by atoms with Crippen LogP contribution in [0, 0.1) is 17.8 Å². The Morgan fingerprint density at radius 2 is 1.76 bits per heavy atom. The average molecular weight is 459 g/mol. The van der Waals surface area contributed by atoms with Crippen LogP contribution >= 0.6 is 0 Å². The Balaban J connectivity index is 1.92. The number of aliphatic hydroxyl groups is 3. The molecule has 0 aliphatic heterocycles. The number of benzene rings is 1. The predicted molar refractivity (Wildman–Crippen MR) is 118 cm³/mol. The van der Waals surface area contributed by atoms with E-state index in [0.717, 1.165) is 5.69 Å². The lowest BCUT2D eigenvalue weighted by Crippen LogP contribution is -2.69. The molecule has 4 unspecified atom stereocenters. The molecule has 1 fully saturated rings. The molecule has 178 valence electrons. The molecule has 6 N–H and O–H groups in total. The quantitative estimate of drug-likeness (QED) is 0.369. The molecule has 3 aliphatic carbocycles. The third-order valence-electron chi connectivity index (χ3n) is 7.50. The smallest absolute Gasteiger partial charge is 0.255 e. The standard InChI is InChI=1S/C23H29N3O7/c1-25(2)12-5-6-13(27)15-10(12)7-9-8-11-17(26(3)4)19(29)16(22(24)32)21(31)23(11,33)20(30)14(9)18(15)28/h5-6,9,11,14,17,20,27,30-31,33H,7-8H2,1-4H3,(H2,24,32)/t9?,11?,14?,17-,20?,23-/m0/s1. The van der Waals surface area contributed by atoms with Crippen LogP contribution in [-0.4, -0.2) is 88.7 Å². The van der Waals surface area contributed by atoms with Gasteiger partial charge in [-0.1, -0.05) is 0 Å². The largest absolute Gasteiger partial charge is 0.508 e. The highest BCUT2D eigenvalue weighted by molar-refractivity contribution is 6.22. The van der Waals surface area contributed by atoms with Crippen LogP contribution in [0.1, 0.15) is 22.3 Å². The zero-order valence-electron chi connectivity index (χ0n) is 18.9. The van der Waals surface area contributed by atoms with Gasteiger partial charge in [0.2, 0.25) is 0 Å². The molecule has 1 saturated carbocycles. The van der Waals surface area contributed by atoms with Gasteiger partial charge in [0.1, 0.15) is 23.2 Å². The second kappa shape index (κ2) is 7.54. The molecular formula is C23H29N3O7. The van der Waals surface area contributed by atoms with Gasteiger partial charge in [-0.3, -0.25) is 19.3 Å². The summed E-state index contributed by atoms with van der Waals surface area (Å²) >= 11 is 0. The Hall–Kier alpha value is -2.95. The number of hydrogen-bond donors (Lipinski definition) is 5. The van der Waals surface area contributed by atoms with Crippen molar-refractivity contribution in [2.75, 3.05) is 33.1 Å². The van der Waals surface area contributed by atoms with E-state index in [1.165, 1.54) is 11.0 Å². The number of rotatable bonds is 3. The van der Waals surface area contributed by atoms with Gasteiger partial charge in [-0.2, -0.15) is 0 Å². The van der Waals surface area contributed by atoms with Gasteiger partial charge in [0.25, 0.3) is 5.91 Å². The van der Waals surface area contributed by atoms with Gasteiger partial charge in [-0.15, -0.1) is 0 Å². The van der Waals surface area contributed by atoms with E-state index in [2.05, 4.69) is 0 Å². The Bertz CT molecular complexity index is 1100. The van der Waals surface area contributed by atoms with Crippen molar-refractivity contribution in [1.82, 2.24) is 4.90 Å². The van der Waals surface area contributed by atoms with Crippen LogP contribution in [0.4, 0.5) is 5.69 Å². The number of hydrogen-bond acceptors (Lipinski definition) is 9. The maximum atomic E-state index is 13.6. The first-order chi connectivity index (χ1) is 15.3. The van der Waals surface area contributed by atoms with Crippen LogP contribution < -0.4 is 10.6 Å². The molecule has 1 amide bonds. The van der Waals surface area contributed by atoms with Gasteiger partial charge >= 0.3 is 0 Å². The van der Waals surface area contributed by atoms with Gasteiger partial charge in [-0.25, -0.2) is 0 Å². The van der Waals surface area contributed by atoms with Crippen LogP contribution in [0.15, 0.2) is 23.5 Å². The number of primary amides is 1. The minimum absolute atomic E-state index is 0.0678. The van der Waals surface area contributed by atoms with Crippen molar-refractivity contribution in [3.63, 3.8) is 0 Å². The molecule has 0 bridgehead atoms. The fraction of sp³-hybridized carbons (Fsp3) is 0.522. The molecule has 0 aromatic heterocycles. The number of phenols is 1. The van der Waals surface area contributed by atoms with Crippen molar-refractivity contribution in [1.29, 1.82) is 0 Å². The monoisotopic (exact) mass is 459 g/mol. The lowest BCUT2D eigenvalue weighted by atomic mass is 9.53. The summed E-state index contributed by atoms with van der Waals surface area (Å²) in [5.41, 5.74) is 3.56. The summed E-state index contributed by atoms with van der Waals surface area (Å²) in [5.74, 6) is -6.37. The van der Waals surface area contributed by atoms with E-state index >= 15 is 0 Å². The lowest BCUT2D eigenvalue weighted by molar-refractivity contribution is -0.183. The third-order valence-corrected chi connectivity index (χ3v) is 7.50. The van der Waals surface area contributed by atoms with E-state index in [1.54, 1.807) is 20.2 Å². The maximum Gasteiger partial charge on any atom is 0.255 e. The molecule has 10 nitrogen and oxygen atoms in total. The number of fused-ring (bicyclic) bond motifs is 3. The topological polar surface area (TPSA) is 165 Å². The highest BCUT2D eigenvalue weighted by atomic mass is 16.4. The van der Waals surface area contributed by atoms with Crippen LogP contribution in [-0.2, 0) is 16.0 Å². The van der Waals surface area contributed by atoms with Gasteiger partial charge in [0.15, 0.2) is 17.2 Å². The van der Waals surface area contributed by atoms with Crippen LogP contribution in [0.2, 0.25) is 0 Å². The Morgan fingerprint density at radius 3 is 2.30 bits per heavy atom. The fourth-order valence-electron chi connectivity index (χ4n) is 6.09. The van der Waals surface area contributed by atoms with E-state index in [-0.39, 0.29) is 17.7 Å². The van der Waals surface area contributed by atoms with Crippen LogP contribution in [0.5, 0.6) is 5.75 Å². The summed E-state index contributed by atoms with van der Waals surface area (Å²) in [6.07, 6.45) is -1.38. The molecule has 1 aromatic carbocycles. The second-order valence-corrected chi connectivity index (χ2v) is 9.68. The lowest BCUT2D eigenvalue weighted by Gasteiger charge is -2.55. The molecule has 0 radical (unpaired) electrons. The summed E-state index contributed by atoms with van der Waals surface area (Å²) in [5, 5.41) is 44.3. The number of likely N-dealkylation sites (N-methyl/N-ethyl adjacent to an activating group) is 1. The summed E-state index contributed by atoms with van der Waals surface area (Å²) in [6.45, 7) is 0. The van der Waals surface area contributed by atoms with E-state index in [4.69, 9.17) is 5.73 Å². The van der Waals surface area contributed by atoms with E-state index < -0.39 is 64.3 Å². The first kappa shape index (κ1) is 23.2. The summed E-state index contributed by atoms with van der Waals surface area (Å²) < 4.78 is 0. The normalized spacial score (nSPS) is 33.5. The highest BCUT2D eigenvalue weighted by Crippen LogP contribution is 2.54. The summed E-state index contributed by atoms with van der Waals surface area (Å²) in [7, 11) is 6.80. The minimum atomic E-state index is -2.43.